The molecule has 6 aromatic rings. The smallest absolute Gasteiger partial charge is 0.744 e. The number of rotatable bonds is 16. The number of fused-ring (bicyclic) bond motifs is 2. The van der Waals surface area contributed by atoms with Crippen LogP contribution in [0.15, 0.2) is 187 Å². The molecule has 2 aliphatic rings. The number of nitrogens with one attached hydrogen (secondary N) is 4. The van der Waals surface area contributed by atoms with Gasteiger partial charge in [0.2, 0.25) is 5.78 Å². The second-order valence-corrected chi connectivity index (χ2v) is 24.6. The van der Waals surface area contributed by atoms with Crippen molar-refractivity contribution in [3.05, 3.63) is 159 Å². The van der Waals surface area contributed by atoms with Crippen molar-refractivity contribution in [2.75, 3.05) is 21.5 Å². The first-order valence-electron chi connectivity index (χ1n) is 21.8. The van der Waals surface area contributed by atoms with Crippen LogP contribution in [0.25, 0.3) is 6.08 Å². The molecule has 43 heteroatoms. The summed E-state index contributed by atoms with van der Waals surface area (Å²) < 4.78 is 216. The molecule has 88 heavy (non-hydrogen) atoms. The minimum Gasteiger partial charge on any atom is -0.744 e. The molecule has 4 N–H and O–H groups in total. The van der Waals surface area contributed by atoms with Gasteiger partial charge in [0, 0.05) is 34.1 Å². The number of carbonyl (C=O) groups excluding carboxylic acids is 3. The first kappa shape index (κ1) is 81.1. The molecule has 8 rings (SSSR count). The maximum absolute atomic E-state index is 13.7. The van der Waals surface area contributed by atoms with Gasteiger partial charge in [0.15, 0.2) is 5.78 Å². The van der Waals surface area contributed by atoms with Gasteiger partial charge in [-0.25, -0.2) is 55.3 Å². The summed E-state index contributed by atoms with van der Waals surface area (Å²) in [7, 11) is -31.6. The van der Waals surface area contributed by atoms with E-state index in [1.807, 2.05) is 0 Å². The SMILES string of the molecule is O=C(Nc1ccc2c(c1)C=C(S(=O)(=O)[O-])/C(=N\Nc1ccc(N=Nc3ccc(S(=O)(=O)[O-])cc3)cc1S(=O)(=O)[O-])C2=O)Nc1ccc2c(c1)/C(=N/Nc1ccc(N=Nc3ccc(S(=O)(=O)[O-])cc3)cc1S(=O)(=O)[O-])C(S(=O)(=O)[O-])=CC2=O.[Na+].[Na+].[Na+].[Na+].[Na+].[Na+]. The number of azo groups is 2. The predicted molar refractivity (Wildman–Crippen MR) is 277 cm³/mol. The summed E-state index contributed by atoms with van der Waals surface area (Å²) in [5.41, 5.74) is -1.21. The third-order valence-electron chi connectivity index (χ3n) is 11.0. The molecular formula is C45H26N10Na6O21S6. The molecule has 2 amide bonds. The number of allylic oxidation sites excluding steroid dienone is 3. The molecule has 424 valence electrons. The van der Waals surface area contributed by atoms with Gasteiger partial charge in [0.1, 0.15) is 72.1 Å². The van der Waals surface area contributed by atoms with E-state index in [1.54, 1.807) is 0 Å². The summed E-state index contributed by atoms with van der Waals surface area (Å²) in [5, 5.41) is 27.3. The minimum atomic E-state index is -5.60. The Kier molecular flexibility index (Phi) is 29.7. The van der Waals surface area contributed by atoms with Crippen LogP contribution in [0.1, 0.15) is 31.8 Å². The zero-order valence-electron chi connectivity index (χ0n) is 45.9. The molecule has 0 radical (unpaired) electrons. The Morgan fingerprint density at radius 2 is 0.750 bits per heavy atom. The number of carbonyl (C=O) groups is 3. The number of urea groups is 1. The van der Waals surface area contributed by atoms with Crippen molar-refractivity contribution >= 4 is 141 Å². The van der Waals surface area contributed by atoms with Gasteiger partial charge in [0.05, 0.1) is 63.5 Å². The molecule has 0 aromatic heterocycles. The van der Waals surface area contributed by atoms with Gasteiger partial charge >= 0.3 is 183 Å². The van der Waals surface area contributed by atoms with Crippen LogP contribution in [0.2, 0.25) is 0 Å². The molecule has 0 unspecified atom stereocenters. The number of hydrazone groups is 2. The van der Waals surface area contributed by atoms with E-state index in [1.165, 1.54) is 0 Å². The molecule has 0 fully saturated rings. The minimum absolute atomic E-state index is 0. The number of hydrogen-bond donors (Lipinski definition) is 4. The second kappa shape index (κ2) is 32.2. The van der Waals surface area contributed by atoms with Gasteiger partial charge < -0.3 is 38.0 Å². The normalized spacial score (nSPS) is 14.2. The van der Waals surface area contributed by atoms with Crippen molar-refractivity contribution in [1.82, 2.24) is 0 Å². The Balaban J connectivity index is 0.00000440. The van der Waals surface area contributed by atoms with Crippen molar-refractivity contribution in [2.45, 2.75) is 19.6 Å². The van der Waals surface area contributed by atoms with Crippen molar-refractivity contribution in [3.8, 4) is 0 Å². The van der Waals surface area contributed by atoms with Crippen LogP contribution < -0.4 is 199 Å². The van der Waals surface area contributed by atoms with E-state index in [2.05, 4.69) is 52.1 Å². The first-order chi connectivity index (χ1) is 38.1. The predicted octanol–water partition coefficient (Wildman–Crippen LogP) is -13.2. The van der Waals surface area contributed by atoms with Crippen LogP contribution in [-0.2, 0) is 60.7 Å². The van der Waals surface area contributed by atoms with Gasteiger partial charge in [-0.2, -0.15) is 30.7 Å². The molecule has 6 aromatic carbocycles. The zero-order valence-corrected chi connectivity index (χ0v) is 62.8. The fourth-order valence-corrected chi connectivity index (χ4v) is 10.8. The number of ketones is 2. The molecule has 0 saturated carbocycles. The Hall–Kier alpha value is -2.99. The number of amides is 2. The molecule has 31 nitrogen and oxygen atoms in total. The van der Waals surface area contributed by atoms with E-state index in [9.17, 15) is 92.2 Å². The summed E-state index contributed by atoms with van der Waals surface area (Å²) in [6, 6.07) is 18.8. The van der Waals surface area contributed by atoms with Crippen molar-refractivity contribution in [3.63, 3.8) is 0 Å². The summed E-state index contributed by atoms with van der Waals surface area (Å²) in [5.74, 6) is -2.27. The fourth-order valence-electron chi connectivity index (χ4n) is 7.31. The van der Waals surface area contributed by atoms with E-state index in [4.69, 9.17) is 0 Å². The Bertz CT molecular complexity index is 4700. The van der Waals surface area contributed by atoms with Crippen LogP contribution in [0.4, 0.5) is 50.3 Å². The quantitative estimate of drug-likeness (QED) is 0.0302. The topological polar surface area (TPSA) is 517 Å². The average Bonchev–Trinajstić information content (AvgIpc) is 1.28. The third-order valence-corrected chi connectivity index (χ3v) is 16.1. The molecule has 0 saturated heterocycles. The number of hydrogen-bond acceptors (Lipinski definition) is 29. The molecule has 0 heterocycles. The van der Waals surface area contributed by atoms with Gasteiger partial charge in [-0.3, -0.25) is 20.4 Å². The fraction of sp³-hybridized carbons (Fsp3) is 0. The molecule has 0 atom stereocenters. The third kappa shape index (κ3) is 20.5. The maximum atomic E-state index is 13.7. The Morgan fingerprint density at radius 1 is 0.375 bits per heavy atom. The van der Waals surface area contributed by atoms with Gasteiger partial charge in [-0.05, 0) is 133 Å². The van der Waals surface area contributed by atoms with Crippen molar-refractivity contribution in [1.29, 1.82) is 0 Å². The van der Waals surface area contributed by atoms with Crippen LogP contribution in [0.5, 0.6) is 0 Å². The van der Waals surface area contributed by atoms with E-state index >= 15 is 0 Å². The Morgan fingerprint density at radius 3 is 1.16 bits per heavy atom. The van der Waals surface area contributed by atoms with E-state index in [0.29, 0.717) is 24.3 Å². The monoisotopic (exact) mass is 1370 g/mol. The first-order valence-corrected chi connectivity index (χ1v) is 30.2. The van der Waals surface area contributed by atoms with Gasteiger partial charge in [-0.15, -0.1) is 0 Å². The van der Waals surface area contributed by atoms with Crippen molar-refractivity contribution in [2.24, 2.45) is 30.7 Å². The summed E-state index contributed by atoms with van der Waals surface area (Å²) >= 11 is 0. The Labute approximate surface area is 632 Å². The number of Topliss-reactive ketones (excluding diaryl/α,β-unsaturated/α-hetero) is 1. The van der Waals surface area contributed by atoms with Crippen LogP contribution in [0, 0.1) is 0 Å². The summed E-state index contributed by atoms with van der Waals surface area (Å²) in [6.45, 7) is 0. The average molecular weight is 1370 g/mol. The molecule has 0 spiro atoms. The number of nitrogens with zero attached hydrogens (tertiary/aromatic N) is 6. The summed E-state index contributed by atoms with van der Waals surface area (Å²) in [6.07, 6.45) is 1.10. The van der Waals surface area contributed by atoms with Gasteiger partial charge in [0.25, 0.3) is 0 Å². The molecule has 2 aliphatic carbocycles. The van der Waals surface area contributed by atoms with E-state index in [-0.39, 0.29) is 228 Å². The number of anilines is 4. The van der Waals surface area contributed by atoms with Crippen LogP contribution in [0.3, 0.4) is 0 Å². The molecule has 0 bridgehead atoms. The zero-order chi connectivity index (χ0) is 59.9. The van der Waals surface area contributed by atoms with Crippen molar-refractivity contribution < 1.29 is 270 Å². The largest absolute Gasteiger partial charge is 1.00 e. The second-order valence-electron chi connectivity index (χ2n) is 16.5. The maximum Gasteiger partial charge on any atom is 1.00 e. The standard InChI is InChI=1S/C45H32N10O21S6.6Na/c56-37-22-41(82(74,75)76)42(54-52-35-15-7-28(20-38(35)79(65,66)67)50-48-24-1-9-30(10-2-24)77(59,60)61)34-19-27(6-14-33(34)37)47-45(58)46-26-5-13-32-23(17-26)18-40(81(71,72)73)43(44(32)57)55-53-36-16-8-29(21-39(36)80(68,69)70)51-49-25-3-11-31(12-4-25)78(62,63)64;;;;;;/h1-22,52-53H,(H2,46,47,58)(H,59,60,61)(H,62,63,64)(H,65,66,67)(H,68,69,70)(H,71,72,73)(H,74,75,76);;;;;;/q;6*+1/p-6/b50-48?,51-49?,54-42-,55-43+;;;;;;. The van der Waals surface area contributed by atoms with Gasteiger partial charge in [-0.1, -0.05) is 0 Å². The van der Waals surface area contributed by atoms with Crippen LogP contribution >= 0.6 is 0 Å². The van der Waals surface area contributed by atoms with E-state index < -0.39 is 136 Å². The summed E-state index contributed by atoms with van der Waals surface area (Å²) in [4.78, 5) is 34.4. The van der Waals surface area contributed by atoms with E-state index in [0.717, 1.165) is 109 Å². The number of benzene rings is 6. The molecule has 0 aliphatic heterocycles. The van der Waals surface area contributed by atoms with Crippen LogP contribution in [-0.4, -0.2) is 107 Å². The molecular weight excluding hydrogens is 1350 g/mol.